The number of benzene rings is 1. The number of sulfonamides is 1. The minimum atomic E-state index is -4.69. The van der Waals surface area contributed by atoms with Gasteiger partial charge >= 0.3 is 5.97 Å². The Morgan fingerprint density at radius 2 is 1.95 bits per heavy atom. The van der Waals surface area contributed by atoms with Crippen LogP contribution in [0.1, 0.15) is 13.8 Å². The number of carboxylic acids is 1. The van der Waals surface area contributed by atoms with Gasteiger partial charge in [-0.05, 0) is 26.0 Å². The molecule has 0 amide bonds. The summed E-state index contributed by atoms with van der Waals surface area (Å²) in [5.41, 5.74) is -1.91. The Hall–Kier alpha value is -1.29. The normalized spacial score (nSPS) is 12.4. The lowest BCUT2D eigenvalue weighted by Gasteiger charge is -2.20. The number of hydrogen-bond acceptors (Lipinski definition) is 4. The van der Waals surface area contributed by atoms with Gasteiger partial charge in [0.1, 0.15) is 4.90 Å². The van der Waals surface area contributed by atoms with Crippen LogP contribution < -0.4 is 4.89 Å². The largest absolute Gasteiger partial charge is 0.479 e. The molecule has 0 unspecified atom stereocenters. The van der Waals surface area contributed by atoms with Crippen LogP contribution in [0.2, 0.25) is 5.02 Å². The molecule has 10 heteroatoms. The third-order valence-electron chi connectivity index (χ3n) is 2.19. The molecule has 0 saturated heterocycles. The molecule has 0 aliphatic heterocycles. The average molecular weight is 330 g/mol. The van der Waals surface area contributed by atoms with E-state index in [1.807, 2.05) is 0 Å². The van der Waals surface area contributed by atoms with E-state index in [4.69, 9.17) is 16.7 Å². The van der Waals surface area contributed by atoms with Gasteiger partial charge in [-0.15, -0.1) is 0 Å². The summed E-state index contributed by atoms with van der Waals surface area (Å²) in [6.45, 7) is 2.11. The van der Waals surface area contributed by atoms with Crippen molar-refractivity contribution in [2.75, 3.05) is 0 Å². The van der Waals surface area contributed by atoms with E-state index in [-0.39, 0.29) is 0 Å². The van der Waals surface area contributed by atoms with Gasteiger partial charge in [-0.1, -0.05) is 16.5 Å². The number of rotatable bonds is 5. The highest BCUT2D eigenvalue weighted by Crippen LogP contribution is 2.26. The summed E-state index contributed by atoms with van der Waals surface area (Å²) in [6, 6.07) is 1.50. The summed E-state index contributed by atoms with van der Waals surface area (Å²) >= 11 is 5.50. The summed E-state index contributed by atoms with van der Waals surface area (Å²) in [4.78, 5) is 15.5. The molecule has 0 aliphatic rings. The molecular formula is C10H10ClF2NO5S. The molecule has 1 aromatic rings. The van der Waals surface area contributed by atoms with E-state index in [1.165, 1.54) is 4.89 Å². The Kier molecular flexibility index (Phi) is 4.70. The van der Waals surface area contributed by atoms with Crippen molar-refractivity contribution in [2.45, 2.75) is 24.3 Å². The smallest absolute Gasteiger partial charge is 0.337 e. The number of halogens is 3. The Labute approximate surface area is 118 Å². The number of carboxylic acid groups (broad SMARTS) is 1. The molecule has 2 N–H and O–H groups in total. The van der Waals surface area contributed by atoms with Crippen LogP contribution in [0.5, 0.6) is 0 Å². The molecule has 1 rings (SSSR count). The molecule has 0 heterocycles. The number of hydrogen-bond donors (Lipinski definition) is 2. The molecule has 1 aromatic carbocycles. The zero-order chi connectivity index (χ0) is 15.7. The fraction of sp³-hybridized carbons (Fsp3) is 0.300. The predicted octanol–water partition coefficient (Wildman–Crippen LogP) is 1.69. The number of aliphatic carboxylic acids is 1. The molecule has 6 nitrogen and oxygen atoms in total. The molecule has 0 aliphatic carbocycles. The van der Waals surface area contributed by atoms with Gasteiger partial charge in [-0.25, -0.2) is 22.0 Å². The first-order valence-electron chi connectivity index (χ1n) is 5.06. The summed E-state index contributed by atoms with van der Waals surface area (Å²) < 4.78 is 50.1. The van der Waals surface area contributed by atoms with Crippen molar-refractivity contribution >= 4 is 27.6 Å². The lowest BCUT2D eigenvalue weighted by molar-refractivity contribution is -0.165. The van der Waals surface area contributed by atoms with Crippen molar-refractivity contribution in [3.05, 3.63) is 28.8 Å². The van der Waals surface area contributed by atoms with Crippen molar-refractivity contribution in [1.82, 2.24) is 4.89 Å². The summed E-state index contributed by atoms with van der Waals surface area (Å²) in [5, 5.41) is 8.17. The second kappa shape index (κ2) is 5.60. The highest BCUT2D eigenvalue weighted by atomic mass is 35.5. The molecule has 0 fully saturated rings. The van der Waals surface area contributed by atoms with Crippen LogP contribution in [0, 0.1) is 11.6 Å². The average Bonchev–Trinajstić information content (AvgIpc) is 2.32. The molecular weight excluding hydrogens is 320 g/mol. The quantitative estimate of drug-likeness (QED) is 0.633. The van der Waals surface area contributed by atoms with E-state index in [1.54, 1.807) is 0 Å². The third kappa shape index (κ3) is 3.42. The Morgan fingerprint density at radius 3 is 2.45 bits per heavy atom. The highest BCUT2D eigenvalue weighted by Gasteiger charge is 2.33. The standard InChI is InChI=1S/C10H10ClF2NO5S/c1-10(2,9(15)16)19-14-20(17,18)8-5(11)3-4-6(12)7(8)13/h3-4,14H,1-2H3,(H,15,16). The van der Waals surface area contributed by atoms with Crippen molar-refractivity contribution in [3.63, 3.8) is 0 Å². The van der Waals surface area contributed by atoms with E-state index in [2.05, 4.69) is 4.84 Å². The lowest BCUT2D eigenvalue weighted by atomic mass is 10.1. The van der Waals surface area contributed by atoms with Crippen LogP contribution in [0.15, 0.2) is 17.0 Å². The molecule has 0 saturated carbocycles. The van der Waals surface area contributed by atoms with E-state index >= 15 is 0 Å². The Morgan fingerprint density at radius 1 is 1.40 bits per heavy atom. The van der Waals surface area contributed by atoms with Gasteiger partial charge in [-0.2, -0.15) is 0 Å². The predicted molar refractivity (Wildman–Crippen MR) is 64.5 cm³/mol. The van der Waals surface area contributed by atoms with Gasteiger partial charge in [0.15, 0.2) is 17.2 Å². The first kappa shape index (κ1) is 16.8. The molecule has 112 valence electrons. The van der Waals surface area contributed by atoms with Gasteiger partial charge in [0.05, 0.1) is 5.02 Å². The summed E-state index contributed by atoms with van der Waals surface area (Å²) in [5.74, 6) is -4.58. The van der Waals surface area contributed by atoms with Crippen LogP contribution in [0.4, 0.5) is 8.78 Å². The fourth-order valence-electron chi connectivity index (χ4n) is 0.999. The maximum absolute atomic E-state index is 13.5. The van der Waals surface area contributed by atoms with Crippen LogP contribution >= 0.6 is 11.6 Å². The molecule has 0 bridgehead atoms. The zero-order valence-corrected chi connectivity index (χ0v) is 11.8. The second-order valence-corrected chi connectivity index (χ2v) is 6.17. The molecule has 0 atom stereocenters. The van der Waals surface area contributed by atoms with Gasteiger partial charge in [-0.3, -0.25) is 4.84 Å². The van der Waals surface area contributed by atoms with E-state index in [9.17, 15) is 22.0 Å². The first-order chi connectivity index (χ1) is 8.99. The van der Waals surface area contributed by atoms with E-state index < -0.39 is 43.1 Å². The van der Waals surface area contributed by atoms with Gasteiger partial charge in [0.25, 0.3) is 10.0 Å². The van der Waals surface area contributed by atoms with Gasteiger partial charge in [0.2, 0.25) is 0 Å². The first-order valence-corrected chi connectivity index (χ1v) is 6.92. The van der Waals surface area contributed by atoms with Gasteiger partial charge < -0.3 is 5.11 Å². The second-order valence-electron chi connectivity index (χ2n) is 4.18. The van der Waals surface area contributed by atoms with Crippen molar-refractivity contribution in [1.29, 1.82) is 0 Å². The van der Waals surface area contributed by atoms with Gasteiger partial charge in [0, 0.05) is 0 Å². The van der Waals surface area contributed by atoms with Crippen LogP contribution in [0.3, 0.4) is 0 Å². The zero-order valence-electron chi connectivity index (χ0n) is 10.3. The van der Waals surface area contributed by atoms with Crippen molar-refractivity contribution in [2.24, 2.45) is 0 Å². The number of carbonyl (C=O) groups is 1. The Bertz CT molecular complexity index is 647. The lowest BCUT2D eigenvalue weighted by Crippen LogP contribution is -2.42. The fourth-order valence-corrected chi connectivity index (χ4v) is 2.51. The van der Waals surface area contributed by atoms with Crippen LogP contribution in [-0.2, 0) is 19.7 Å². The molecule has 0 radical (unpaired) electrons. The molecule has 0 aromatic heterocycles. The van der Waals surface area contributed by atoms with Crippen LogP contribution in [0.25, 0.3) is 0 Å². The van der Waals surface area contributed by atoms with Crippen molar-refractivity contribution < 1.29 is 31.9 Å². The summed E-state index contributed by atoms with van der Waals surface area (Å²) in [6.07, 6.45) is 0. The van der Waals surface area contributed by atoms with Crippen molar-refractivity contribution in [3.8, 4) is 0 Å². The summed E-state index contributed by atoms with van der Waals surface area (Å²) in [7, 11) is -4.69. The van der Waals surface area contributed by atoms with E-state index in [0.29, 0.717) is 6.07 Å². The maximum atomic E-state index is 13.5. The third-order valence-corrected chi connectivity index (χ3v) is 3.86. The molecule has 20 heavy (non-hydrogen) atoms. The minimum absolute atomic E-state index is 0.576. The SMILES string of the molecule is CC(C)(ONS(=O)(=O)c1c(Cl)ccc(F)c1F)C(=O)O. The Balaban J connectivity index is 3.14. The monoisotopic (exact) mass is 329 g/mol. The van der Waals surface area contributed by atoms with E-state index in [0.717, 1.165) is 19.9 Å². The van der Waals surface area contributed by atoms with Crippen LogP contribution in [-0.4, -0.2) is 25.1 Å². The maximum Gasteiger partial charge on any atom is 0.337 e. The topological polar surface area (TPSA) is 92.7 Å². The minimum Gasteiger partial charge on any atom is -0.479 e. The number of nitrogens with one attached hydrogen (secondary N) is 1. The molecule has 0 spiro atoms. The highest BCUT2D eigenvalue weighted by molar-refractivity contribution is 7.89.